The smallest absolute Gasteiger partial charge is 0.244 e. The quantitative estimate of drug-likeness (QED) is 0.771. The van der Waals surface area contributed by atoms with Crippen LogP contribution in [0.3, 0.4) is 0 Å². The highest BCUT2D eigenvalue weighted by molar-refractivity contribution is 7.91. The molecule has 1 fully saturated rings. The van der Waals surface area contributed by atoms with E-state index in [1.54, 1.807) is 0 Å². The summed E-state index contributed by atoms with van der Waals surface area (Å²) >= 11 is 11.7. The minimum Gasteiger partial charge on any atom is -0.340 e. The van der Waals surface area contributed by atoms with Gasteiger partial charge in [-0.15, -0.1) is 0 Å². The SMILES string of the molecule is CS(=O)(=O)C1CCN(C(=O)CNS(=O)(=O)c2c(Cl)cccc2Cl)C1. The van der Waals surface area contributed by atoms with Gasteiger partial charge in [-0.05, 0) is 18.6 Å². The summed E-state index contributed by atoms with van der Waals surface area (Å²) < 4.78 is 49.7. The predicted molar refractivity (Wildman–Crippen MR) is 91.5 cm³/mol. The molecule has 0 radical (unpaired) electrons. The van der Waals surface area contributed by atoms with Crippen molar-refractivity contribution >= 4 is 49.0 Å². The normalized spacial score (nSPS) is 18.8. The Morgan fingerprint density at radius 1 is 1.25 bits per heavy atom. The molecule has 7 nitrogen and oxygen atoms in total. The molecule has 0 bridgehead atoms. The first-order valence-corrected chi connectivity index (χ1v) is 11.1. The van der Waals surface area contributed by atoms with E-state index in [1.807, 2.05) is 0 Å². The second-order valence-electron chi connectivity index (χ2n) is 5.46. The van der Waals surface area contributed by atoms with E-state index in [0.29, 0.717) is 6.42 Å². The van der Waals surface area contributed by atoms with Gasteiger partial charge in [-0.25, -0.2) is 21.6 Å². The summed E-state index contributed by atoms with van der Waals surface area (Å²) in [6.45, 7) is -0.169. The highest BCUT2D eigenvalue weighted by Gasteiger charge is 2.33. The van der Waals surface area contributed by atoms with Gasteiger partial charge in [0, 0.05) is 19.3 Å². The molecule has 0 saturated carbocycles. The summed E-state index contributed by atoms with van der Waals surface area (Å²) in [4.78, 5) is 13.1. The lowest BCUT2D eigenvalue weighted by molar-refractivity contribution is -0.128. The highest BCUT2D eigenvalue weighted by Crippen LogP contribution is 2.28. The third-order valence-electron chi connectivity index (χ3n) is 3.70. The van der Waals surface area contributed by atoms with Crippen molar-refractivity contribution in [2.24, 2.45) is 0 Å². The Bertz CT molecular complexity index is 835. The maximum atomic E-state index is 12.3. The minimum atomic E-state index is -4.07. The fourth-order valence-electron chi connectivity index (χ4n) is 2.38. The van der Waals surface area contributed by atoms with Crippen molar-refractivity contribution in [3.05, 3.63) is 28.2 Å². The van der Waals surface area contributed by atoms with Crippen LogP contribution in [0.2, 0.25) is 10.0 Å². The average molecular weight is 415 g/mol. The van der Waals surface area contributed by atoms with Gasteiger partial charge in [-0.2, -0.15) is 0 Å². The van der Waals surface area contributed by atoms with Crippen LogP contribution < -0.4 is 4.72 Å². The Labute approximate surface area is 150 Å². The van der Waals surface area contributed by atoms with E-state index < -0.39 is 37.6 Å². The summed E-state index contributed by atoms with van der Waals surface area (Å²) in [5, 5.41) is -0.724. The molecular weight excluding hydrogens is 399 g/mol. The van der Waals surface area contributed by atoms with Gasteiger partial charge in [-0.1, -0.05) is 29.3 Å². The molecule has 24 heavy (non-hydrogen) atoms. The van der Waals surface area contributed by atoms with E-state index in [-0.39, 0.29) is 28.0 Å². The van der Waals surface area contributed by atoms with Crippen LogP contribution in [0, 0.1) is 0 Å². The van der Waals surface area contributed by atoms with Crippen molar-refractivity contribution in [2.75, 3.05) is 25.9 Å². The van der Waals surface area contributed by atoms with Crippen molar-refractivity contribution in [1.29, 1.82) is 0 Å². The molecule has 1 N–H and O–H groups in total. The number of nitrogens with one attached hydrogen (secondary N) is 1. The van der Waals surface area contributed by atoms with Crippen LogP contribution in [0.1, 0.15) is 6.42 Å². The van der Waals surface area contributed by atoms with Gasteiger partial charge in [0.05, 0.1) is 21.8 Å². The zero-order valence-electron chi connectivity index (χ0n) is 12.7. The van der Waals surface area contributed by atoms with Gasteiger partial charge >= 0.3 is 0 Å². The molecular formula is C13H16Cl2N2O5S2. The summed E-state index contributed by atoms with van der Waals surface area (Å²) in [6, 6.07) is 4.26. The lowest BCUT2D eigenvalue weighted by atomic mass is 10.4. The summed E-state index contributed by atoms with van der Waals surface area (Å²) in [5.74, 6) is -0.507. The number of sulfone groups is 1. The number of rotatable bonds is 5. The zero-order chi connectivity index (χ0) is 18.1. The zero-order valence-corrected chi connectivity index (χ0v) is 15.8. The van der Waals surface area contributed by atoms with E-state index in [1.165, 1.54) is 23.1 Å². The minimum absolute atomic E-state index is 0.0549. The van der Waals surface area contributed by atoms with Crippen LogP contribution in [0.15, 0.2) is 23.1 Å². The number of sulfonamides is 1. The van der Waals surface area contributed by atoms with Crippen LogP contribution in [-0.2, 0) is 24.7 Å². The summed E-state index contributed by atoms with van der Waals surface area (Å²) in [5.41, 5.74) is 0. The van der Waals surface area contributed by atoms with Crippen molar-refractivity contribution in [1.82, 2.24) is 9.62 Å². The number of likely N-dealkylation sites (tertiary alicyclic amines) is 1. The van der Waals surface area contributed by atoms with Gasteiger partial charge in [0.2, 0.25) is 15.9 Å². The molecule has 134 valence electrons. The Kier molecular flexibility index (Phi) is 5.81. The van der Waals surface area contributed by atoms with Crippen LogP contribution >= 0.6 is 23.2 Å². The average Bonchev–Trinajstić information content (AvgIpc) is 2.94. The fourth-order valence-corrected chi connectivity index (χ4v) is 5.48. The Morgan fingerprint density at radius 2 is 1.83 bits per heavy atom. The second-order valence-corrected chi connectivity index (χ2v) is 10.3. The highest BCUT2D eigenvalue weighted by atomic mass is 35.5. The van der Waals surface area contributed by atoms with Gasteiger partial charge < -0.3 is 4.90 Å². The van der Waals surface area contributed by atoms with Crippen LogP contribution in [-0.4, -0.2) is 58.8 Å². The maximum Gasteiger partial charge on any atom is 0.244 e. The predicted octanol–water partition coefficient (Wildman–Crippen LogP) is 0.917. The molecule has 1 saturated heterocycles. The number of carbonyl (C=O) groups is 1. The molecule has 1 heterocycles. The lowest BCUT2D eigenvalue weighted by Crippen LogP contribution is -2.40. The van der Waals surface area contributed by atoms with E-state index >= 15 is 0 Å². The van der Waals surface area contributed by atoms with Gasteiger partial charge in [0.25, 0.3) is 0 Å². The number of benzene rings is 1. The Balaban J connectivity index is 2.04. The number of halogens is 2. The van der Waals surface area contributed by atoms with E-state index in [9.17, 15) is 21.6 Å². The van der Waals surface area contributed by atoms with Crippen molar-refractivity contribution in [3.8, 4) is 0 Å². The monoisotopic (exact) mass is 414 g/mol. The molecule has 1 aliphatic heterocycles. The van der Waals surface area contributed by atoms with Gasteiger partial charge in [-0.3, -0.25) is 4.79 Å². The van der Waals surface area contributed by atoms with Crippen LogP contribution in [0.4, 0.5) is 0 Å². The lowest BCUT2D eigenvalue weighted by Gasteiger charge is -2.17. The molecule has 1 atom stereocenters. The largest absolute Gasteiger partial charge is 0.340 e. The molecule has 1 aromatic rings. The molecule has 11 heteroatoms. The number of amides is 1. The first kappa shape index (κ1) is 19.5. The summed E-state index contributed by atoms with van der Waals surface area (Å²) in [7, 11) is -7.30. The second kappa shape index (κ2) is 7.17. The number of carbonyl (C=O) groups excluding carboxylic acids is 1. The van der Waals surface area contributed by atoms with Gasteiger partial charge in [0.1, 0.15) is 4.90 Å². The van der Waals surface area contributed by atoms with Crippen LogP contribution in [0.25, 0.3) is 0 Å². The first-order valence-electron chi connectivity index (χ1n) is 6.92. The first-order chi connectivity index (χ1) is 11.0. The molecule has 0 aliphatic carbocycles. The number of nitrogens with zero attached hydrogens (tertiary/aromatic N) is 1. The third kappa shape index (κ3) is 4.40. The molecule has 1 unspecified atom stereocenters. The van der Waals surface area contributed by atoms with Crippen LogP contribution in [0.5, 0.6) is 0 Å². The molecule has 1 aromatic carbocycles. The number of hydrogen-bond donors (Lipinski definition) is 1. The molecule has 1 aliphatic rings. The standard InChI is InChI=1S/C13H16Cl2N2O5S2/c1-23(19,20)9-5-6-17(8-9)12(18)7-16-24(21,22)13-10(14)3-2-4-11(13)15/h2-4,9,16H,5-8H2,1H3. The summed E-state index contributed by atoms with van der Waals surface area (Å²) in [6.07, 6.45) is 1.46. The van der Waals surface area contributed by atoms with Gasteiger partial charge in [0.15, 0.2) is 9.84 Å². The van der Waals surface area contributed by atoms with E-state index in [4.69, 9.17) is 23.2 Å². The van der Waals surface area contributed by atoms with Crippen molar-refractivity contribution in [2.45, 2.75) is 16.6 Å². The van der Waals surface area contributed by atoms with Crippen molar-refractivity contribution in [3.63, 3.8) is 0 Å². The molecule has 0 spiro atoms. The Hall–Kier alpha value is -0.870. The van der Waals surface area contributed by atoms with E-state index in [2.05, 4.69) is 4.72 Å². The molecule has 2 rings (SSSR count). The molecule has 0 aromatic heterocycles. The number of hydrogen-bond acceptors (Lipinski definition) is 5. The Morgan fingerprint density at radius 3 is 2.33 bits per heavy atom. The van der Waals surface area contributed by atoms with E-state index in [0.717, 1.165) is 6.26 Å². The third-order valence-corrected chi connectivity index (χ3v) is 7.66. The fraction of sp³-hybridized carbons (Fsp3) is 0.462. The van der Waals surface area contributed by atoms with Crippen molar-refractivity contribution < 1.29 is 21.6 Å². The topological polar surface area (TPSA) is 101 Å². The maximum absolute atomic E-state index is 12.3. The molecule has 1 amide bonds.